The molecule has 1 aliphatic rings. The molecule has 0 spiro atoms. The fourth-order valence-corrected chi connectivity index (χ4v) is 2.95. The Morgan fingerprint density at radius 2 is 1.92 bits per heavy atom. The minimum Gasteiger partial charge on any atom is -0.480 e. The maximum Gasteiger partial charge on any atom is 0.326 e. The molecule has 0 aliphatic carbocycles. The topological polar surface area (TPSA) is 108 Å². The maximum atomic E-state index is 12.4. The lowest BCUT2D eigenvalue weighted by molar-refractivity contribution is -0.142. The van der Waals surface area contributed by atoms with E-state index in [0.29, 0.717) is 0 Å². The second-order valence-corrected chi connectivity index (χ2v) is 6.35. The molecule has 0 bridgehead atoms. The largest absolute Gasteiger partial charge is 0.480 e. The standard InChI is InChI=1S/C17H23N3O4S/c21-15(12-7-4-8-18-12)20-14(10-25)16(22)19-13(17(23)24)9-11-5-2-1-3-6-11/h1-3,5-6,12-14,18,25H,4,7-10H2,(H,19,22)(H,20,21)(H,23,24). The van der Waals surface area contributed by atoms with Crippen LogP contribution in [0, 0.1) is 0 Å². The fourth-order valence-electron chi connectivity index (χ4n) is 2.70. The first-order chi connectivity index (χ1) is 12.0. The van der Waals surface area contributed by atoms with E-state index < -0.39 is 24.0 Å². The molecule has 2 rings (SSSR count). The predicted octanol–water partition coefficient (Wildman–Crippen LogP) is -0.0349. The SMILES string of the molecule is O=C(O)C(Cc1ccccc1)NC(=O)C(CS)NC(=O)C1CCCN1. The van der Waals surface area contributed by atoms with Crippen molar-refractivity contribution in [3.05, 3.63) is 35.9 Å². The van der Waals surface area contributed by atoms with Crippen molar-refractivity contribution in [1.29, 1.82) is 0 Å². The van der Waals surface area contributed by atoms with E-state index in [2.05, 4.69) is 28.6 Å². The van der Waals surface area contributed by atoms with E-state index in [9.17, 15) is 19.5 Å². The van der Waals surface area contributed by atoms with Gasteiger partial charge in [-0.3, -0.25) is 9.59 Å². The van der Waals surface area contributed by atoms with E-state index in [1.54, 1.807) is 24.3 Å². The number of aliphatic carboxylic acids is 1. The molecule has 1 heterocycles. The number of carboxylic acid groups (broad SMARTS) is 1. The molecule has 1 aromatic carbocycles. The molecule has 1 saturated heterocycles. The van der Waals surface area contributed by atoms with Gasteiger partial charge in [-0.2, -0.15) is 12.6 Å². The lowest BCUT2D eigenvalue weighted by Crippen LogP contribution is -2.55. The average Bonchev–Trinajstić information content (AvgIpc) is 3.14. The van der Waals surface area contributed by atoms with Gasteiger partial charge in [-0.15, -0.1) is 0 Å². The minimum absolute atomic E-state index is 0.0853. The summed E-state index contributed by atoms with van der Waals surface area (Å²) in [5.74, 6) is -1.85. The van der Waals surface area contributed by atoms with Gasteiger partial charge in [-0.25, -0.2) is 4.79 Å². The van der Waals surface area contributed by atoms with Crippen molar-refractivity contribution >= 4 is 30.4 Å². The van der Waals surface area contributed by atoms with E-state index in [1.165, 1.54) is 0 Å². The molecule has 25 heavy (non-hydrogen) atoms. The molecule has 0 saturated carbocycles. The summed E-state index contributed by atoms with van der Waals surface area (Å²) in [4.78, 5) is 35.9. The first kappa shape index (κ1) is 19.3. The Bertz CT molecular complexity index is 605. The molecule has 4 N–H and O–H groups in total. The summed E-state index contributed by atoms with van der Waals surface area (Å²) < 4.78 is 0. The predicted molar refractivity (Wildman–Crippen MR) is 96.5 cm³/mol. The van der Waals surface area contributed by atoms with Crippen molar-refractivity contribution in [2.75, 3.05) is 12.3 Å². The Morgan fingerprint density at radius 3 is 2.48 bits per heavy atom. The van der Waals surface area contributed by atoms with Crippen LogP contribution in [-0.4, -0.2) is 53.3 Å². The van der Waals surface area contributed by atoms with Gasteiger partial charge in [0.2, 0.25) is 11.8 Å². The Labute approximate surface area is 152 Å². The quantitative estimate of drug-likeness (QED) is 0.416. The number of carbonyl (C=O) groups excluding carboxylic acids is 2. The number of carbonyl (C=O) groups is 3. The molecule has 136 valence electrons. The van der Waals surface area contributed by atoms with Crippen LogP contribution in [0.15, 0.2) is 30.3 Å². The van der Waals surface area contributed by atoms with Crippen LogP contribution in [0.2, 0.25) is 0 Å². The molecule has 8 heteroatoms. The third-order valence-corrected chi connectivity index (χ3v) is 4.45. The van der Waals surface area contributed by atoms with Gasteiger partial charge in [0.05, 0.1) is 6.04 Å². The van der Waals surface area contributed by atoms with Gasteiger partial charge in [0.25, 0.3) is 0 Å². The Hall–Kier alpha value is -2.06. The van der Waals surface area contributed by atoms with Crippen LogP contribution < -0.4 is 16.0 Å². The zero-order chi connectivity index (χ0) is 18.2. The summed E-state index contributed by atoms with van der Waals surface area (Å²) in [7, 11) is 0. The van der Waals surface area contributed by atoms with Crippen LogP contribution in [0.3, 0.4) is 0 Å². The number of hydrogen-bond donors (Lipinski definition) is 5. The second-order valence-electron chi connectivity index (χ2n) is 5.98. The van der Waals surface area contributed by atoms with Crippen LogP contribution in [0.5, 0.6) is 0 Å². The van der Waals surface area contributed by atoms with E-state index in [-0.39, 0.29) is 24.1 Å². The summed E-state index contributed by atoms with van der Waals surface area (Å²) in [6.45, 7) is 0.772. The van der Waals surface area contributed by atoms with Crippen molar-refractivity contribution in [2.24, 2.45) is 0 Å². The van der Waals surface area contributed by atoms with Crippen molar-refractivity contribution in [3.63, 3.8) is 0 Å². The number of amides is 2. The lowest BCUT2D eigenvalue weighted by Gasteiger charge is -2.21. The Kier molecular flexibility index (Phi) is 7.27. The summed E-state index contributed by atoms with van der Waals surface area (Å²) in [6.07, 6.45) is 1.80. The van der Waals surface area contributed by atoms with Crippen LogP contribution in [0.1, 0.15) is 18.4 Å². The monoisotopic (exact) mass is 365 g/mol. The summed E-state index contributed by atoms with van der Waals surface area (Å²) >= 11 is 4.10. The van der Waals surface area contributed by atoms with Crippen molar-refractivity contribution < 1.29 is 19.5 Å². The summed E-state index contributed by atoms with van der Waals surface area (Å²) in [6, 6.07) is 6.78. The molecular formula is C17H23N3O4S. The maximum absolute atomic E-state index is 12.4. The van der Waals surface area contributed by atoms with E-state index in [1.807, 2.05) is 6.07 Å². The summed E-state index contributed by atoms with van der Waals surface area (Å²) in [5.41, 5.74) is 0.803. The third-order valence-electron chi connectivity index (χ3n) is 4.09. The molecule has 1 fully saturated rings. The van der Waals surface area contributed by atoms with E-state index in [4.69, 9.17) is 0 Å². The molecule has 3 atom stereocenters. The van der Waals surface area contributed by atoms with Crippen LogP contribution in [0.25, 0.3) is 0 Å². The summed E-state index contributed by atoms with van der Waals surface area (Å²) in [5, 5.41) is 17.5. The molecule has 1 aromatic rings. The molecule has 0 aromatic heterocycles. The van der Waals surface area contributed by atoms with Gasteiger partial charge in [-0.05, 0) is 24.9 Å². The van der Waals surface area contributed by atoms with Gasteiger partial charge in [0, 0.05) is 12.2 Å². The lowest BCUT2D eigenvalue weighted by atomic mass is 10.1. The average molecular weight is 365 g/mol. The third kappa shape index (κ3) is 5.75. The first-order valence-corrected chi connectivity index (χ1v) is 8.86. The fraction of sp³-hybridized carbons (Fsp3) is 0.471. The van der Waals surface area contributed by atoms with Gasteiger partial charge in [0.15, 0.2) is 0 Å². The van der Waals surface area contributed by atoms with Gasteiger partial charge in [-0.1, -0.05) is 30.3 Å². The number of carboxylic acids is 1. The Morgan fingerprint density at radius 1 is 1.20 bits per heavy atom. The van der Waals surface area contributed by atoms with Crippen molar-refractivity contribution in [2.45, 2.75) is 37.4 Å². The van der Waals surface area contributed by atoms with Crippen molar-refractivity contribution in [3.8, 4) is 0 Å². The molecule has 3 unspecified atom stereocenters. The molecule has 7 nitrogen and oxygen atoms in total. The van der Waals surface area contributed by atoms with E-state index in [0.717, 1.165) is 24.9 Å². The zero-order valence-electron chi connectivity index (χ0n) is 13.8. The molecular weight excluding hydrogens is 342 g/mol. The highest BCUT2D eigenvalue weighted by Crippen LogP contribution is 2.06. The molecule has 2 amide bonds. The van der Waals surface area contributed by atoms with Gasteiger partial charge < -0.3 is 21.1 Å². The highest BCUT2D eigenvalue weighted by Gasteiger charge is 2.29. The smallest absolute Gasteiger partial charge is 0.326 e. The Balaban J connectivity index is 1.95. The number of benzene rings is 1. The zero-order valence-corrected chi connectivity index (χ0v) is 14.7. The molecule has 1 aliphatic heterocycles. The second kappa shape index (κ2) is 9.43. The normalized spacial score (nSPS) is 19.0. The van der Waals surface area contributed by atoms with Crippen LogP contribution >= 0.6 is 12.6 Å². The number of thiol groups is 1. The van der Waals surface area contributed by atoms with Gasteiger partial charge in [0.1, 0.15) is 12.1 Å². The minimum atomic E-state index is -1.13. The van der Waals surface area contributed by atoms with Crippen molar-refractivity contribution in [1.82, 2.24) is 16.0 Å². The number of rotatable bonds is 8. The van der Waals surface area contributed by atoms with Crippen LogP contribution in [0.4, 0.5) is 0 Å². The first-order valence-electron chi connectivity index (χ1n) is 8.23. The van der Waals surface area contributed by atoms with Gasteiger partial charge >= 0.3 is 5.97 Å². The number of hydrogen-bond acceptors (Lipinski definition) is 5. The number of nitrogens with one attached hydrogen (secondary N) is 3. The highest BCUT2D eigenvalue weighted by molar-refractivity contribution is 7.80. The van der Waals surface area contributed by atoms with Crippen LogP contribution in [-0.2, 0) is 20.8 Å². The van der Waals surface area contributed by atoms with E-state index >= 15 is 0 Å². The highest BCUT2D eigenvalue weighted by atomic mass is 32.1. The molecule has 0 radical (unpaired) electrons.